The van der Waals surface area contributed by atoms with Crippen molar-refractivity contribution in [2.75, 3.05) is 18.4 Å². The van der Waals surface area contributed by atoms with E-state index in [4.69, 9.17) is 0 Å². The van der Waals surface area contributed by atoms with Gasteiger partial charge in [-0.25, -0.2) is 14.3 Å². The number of benzene rings is 1. The Labute approximate surface area is 158 Å². The highest BCUT2D eigenvalue weighted by molar-refractivity contribution is 6.00. The number of carbonyl (C=O) groups is 2. The van der Waals surface area contributed by atoms with E-state index in [1.807, 2.05) is 0 Å². The number of hydrogen-bond donors (Lipinski definition) is 3. The van der Waals surface area contributed by atoms with Crippen LogP contribution in [0.3, 0.4) is 0 Å². The second kappa shape index (κ2) is 6.87. The average Bonchev–Trinajstić information content (AvgIpc) is 3.15. The molecule has 1 unspecified atom stereocenters. The molecule has 28 heavy (non-hydrogen) atoms. The third-order valence-corrected chi connectivity index (χ3v) is 4.45. The highest BCUT2D eigenvalue weighted by atomic mass is 19.3. The monoisotopic (exact) mass is 386 g/mol. The number of nitrogens with zero attached hydrogens (tertiary/aromatic N) is 3. The van der Waals surface area contributed by atoms with E-state index >= 15 is 0 Å². The number of amides is 3. The van der Waals surface area contributed by atoms with Gasteiger partial charge in [0, 0.05) is 24.5 Å². The number of imide groups is 1. The maximum atomic E-state index is 14.5. The van der Waals surface area contributed by atoms with E-state index in [-0.39, 0.29) is 12.1 Å². The number of carbonyl (C=O) groups excluding carboxylic acids is 2. The molecule has 4 rings (SSSR count). The summed E-state index contributed by atoms with van der Waals surface area (Å²) in [7, 11) is 0. The zero-order chi connectivity index (χ0) is 19.7. The van der Waals surface area contributed by atoms with Crippen LogP contribution in [0, 0.1) is 0 Å². The minimum atomic E-state index is -3.11. The van der Waals surface area contributed by atoms with Crippen molar-refractivity contribution >= 4 is 23.3 Å². The fraction of sp³-hybridized carbons (Fsp3) is 0.222. The third kappa shape index (κ3) is 3.36. The van der Waals surface area contributed by atoms with Crippen LogP contribution in [0.2, 0.25) is 0 Å². The maximum absolute atomic E-state index is 14.5. The van der Waals surface area contributed by atoms with E-state index in [2.05, 4.69) is 26.0 Å². The van der Waals surface area contributed by atoms with E-state index in [1.165, 1.54) is 28.9 Å². The summed E-state index contributed by atoms with van der Waals surface area (Å²) in [6.07, 6.45) is 3.04. The molecular formula is C18H16F2N6O2. The first-order chi connectivity index (χ1) is 13.4. The maximum Gasteiger partial charge on any atom is 0.321 e. The highest BCUT2D eigenvalue weighted by Crippen LogP contribution is 2.29. The Morgan fingerprint density at radius 1 is 1.25 bits per heavy atom. The Hall–Kier alpha value is -3.56. The molecule has 144 valence electrons. The van der Waals surface area contributed by atoms with Gasteiger partial charge in [0.15, 0.2) is 5.65 Å². The highest BCUT2D eigenvalue weighted by Gasteiger charge is 2.32. The molecule has 0 bridgehead atoms. The molecule has 2 aromatic heterocycles. The number of hydrogen-bond acceptors (Lipinski definition) is 5. The summed E-state index contributed by atoms with van der Waals surface area (Å²) in [6, 6.07) is 8.42. The summed E-state index contributed by atoms with van der Waals surface area (Å²) in [6.45, 7) is -0.589. The number of alkyl halides is 2. The molecule has 0 aliphatic carbocycles. The topological polar surface area (TPSA) is 100 Å². The molecule has 1 aliphatic heterocycles. The fourth-order valence-electron chi connectivity index (χ4n) is 3.00. The number of aromatic nitrogens is 3. The quantitative estimate of drug-likeness (QED) is 0.622. The predicted octanol–water partition coefficient (Wildman–Crippen LogP) is 1.86. The Kier molecular flexibility index (Phi) is 4.38. The van der Waals surface area contributed by atoms with Gasteiger partial charge in [-0.3, -0.25) is 10.1 Å². The SMILES string of the molecule is O=C1NCC(c2cc(NCC(F)(F)c3ccccc3)c3nccn3n2)C(=O)N1. The van der Waals surface area contributed by atoms with Gasteiger partial charge in [-0.2, -0.15) is 13.9 Å². The van der Waals surface area contributed by atoms with Crippen molar-refractivity contribution in [3.8, 4) is 0 Å². The molecule has 1 aromatic carbocycles. The molecule has 3 amide bonds. The minimum Gasteiger partial charge on any atom is -0.376 e. The van der Waals surface area contributed by atoms with Gasteiger partial charge >= 0.3 is 6.03 Å². The second-order valence-electron chi connectivity index (χ2n) is 6.35. The van der Waals surface area contributed by atoms with Crippen LogP contribution in [0.5, 0.6) is 0 Å². The molecular weight excluding hydrogens is 370 g/mol. The standard InChI is InChI=1S/C18H16F2N6O2/c19-18(20,11-4-2-1-3-5-11)10-23-14-8-13(25-26-7-6-21-15(14)26)12-9-22-17(28)24-16(12)27/h1-8,12,23H,9-10H2,(H2,22,24,27,28). The van der Waals surface area contributed by atoms with E-state index in [0.717, 1.165) is 0 Å². The van der Waals surface area contributed by atoms with Crippen LogP contribution < -0.4 is 16.0 Å². The Morgan fingerprint density at radius 3 is 2.79 bits per heavy atom. The van der Waals surface area contributed by atoms with Crippen LogP contribution in [0.15, 0.2) is 48.8 Å². The molecule has 1 saturated heterocycles. The molecule has 0 saturated carbocycles. The van der Waals surface area contributed by atoms with E-state index in [1.54, 1.807) is 24.4 Å². The molecule has 0 spiro atoms. The van der Waals surface area contributed by atoms with Gasteiger partial charge in [-0.05, 0) is 6.07 Å². The smallest absolute Gasteiger partial charge is 0.321 e. The Bertz CT molecular complexity index is 1040. The summed E-state index contributed by atoms with van der Waals surface area (Å²) < 4.78 is 30.4. The van der Waals surface area contributed by atoms with E-state index in [9.17, 15) is 18.4 Å². The molecule has 1 aliphatic rings. The first kappa shape index (κ1) is 17.8. The zero-order valence-electron chi connectivity index (χ0n) is 14.5. The lowest BCUT2D eigenvalue weighted by Gasteiger charge is -2.23. The van der Waals surface area contributed by atoms with Gasteiger partial charge < -0.3 is 10.6 Å². The van der Waals surface area contributed by atoms with Crippen molar-refractivity contribution in [3.05, 3.63) is 60.0 Å². The van der Waals surface area contributed by atoms with Crippen LogP contribution in [-0.2, 0) is 10.7 Å². The molecule has 3 aromatic rings. The number of fused-ring (bicyclic) bond motifs is 1. The normalized spacial score (nSPS) is 17.3. The van der Waals surface area contributed by atoms with Crippen molar-refractivity contribution in [1.82, 2.24) is 25.2 Å². The number of imidazole rings is 1. The molecule has 3 N–H and O–H groups in total. The second-order valence-corrected chi connectivity index (χ2v) is 6.35. The van der Waals surface area contributed by atoms with Crippen molar-refractivity contribution in [3.63, 3.8) is 0 Å². The largest absolute Gasteiger partial charge is 0.376 e. The Balaban J connectivity index is 1.62. The third-order valence-electron chi connectivity index (χ3n) is 4.45. The van der Waals surface area contributed by atoms with Crippen LogP contribution in [0.1, 0.15) is 17.2 Å². The summed E-state index contributed by atoms with van der Waals surface area (Å²) in [5, 5.41) is 11.7. The fourth-order valence-corrected chi connectivity index (χ4v) is 3.00. The lowest BCUT2D eigenvalue weighted by atomic mass is 10.0. The van der Waals surface area contributed by atoms with Crippen LogP contribution >= 0.6 is 0 Å². The van der Waals surface area contributed by atoms with Crippen LogP contribution in [-0.4, -0.2) is 39.6 Å². The van der Waals surface area contributed by atoms with Crippen molar-refractivity contribution in [2.24, 2.45) is 0 Å². The van der Waals surface area contributed by atoms with Crippen LogP contribution in [0.4, 0.5) is 19.3 Å². The van der Waals surface area contributed by atoms with Gasteiger partial charge in [0.1, 0.15) is 0 Å². The average molecular weight is 386 g/mol. The lowest BCUT2D eigenvalue weighted by Crippen LogP contribution is -2.51. The van der Waals surface area contributed by atoms with Crippen molar-refractivity contribution in [1.29, 1.82) is 0 Å². The van der Waals surface area contributed by atoms with Gasteiger partial charge in [-0.15, -0.1) is 0 Å². The molecule has 1 atom stereocenters. The minimum absolute atomic E-state index is 0.0669. The summed E-state index contributed by atoms with van der Waals surface area (Å²) in [4.78, 5) is 27.5. The zero-order valence-corrected chi connectivity index (χ0v) is 14.5. The lowest BCUT2D eigenvalue weighted by molar-refractivity contribution is -0.122. The summed E-state index contributed by atoms with van der Waals surface area (Å²) in [5.74, 6) is -4.35. The molecule has 3 heterocycles. The van der Waals surface area contributed by atoms with E-state index < -0.39 is 30.3 Å². The van der Waals surface area contributed by atoms with Gasteiger partial charge in [0.2, 0.25) is 5.91 Å². The molecule has 8 nitrogen and oxygen atoms in total. The number of halogens is 2. The van der Waals surface area contributed by atoms with Crippen molar-refractivity contribution < 1.29 is 18.4 Å². The molecule has 1 fully saturated rings. The number of rotatable bonds is 5. The van der Waals surface area contributed by atoms with Gasteiger partial charge in [-0.1, -0.05) is 30.3 Å². The first-order valence-electron chi connectivity index (χ1n) is 8.54. The molecule has 0 radical (unpaired) electrons. The van der Waals surface area contributed by atoms with Gasteiger partial charge in [0.25, 0.3) is 5.92 Å². The van der Waals surface area contributed by atoms with Crippen LogP contribution in [0.25, 0.3) is 5.65 Å². The number of urea groups is 1. The summed E-state index contributed by atoms with van der Waals surface area (Å²) >= 11 is 0. The number of nitrogens with one attached hydrogen (secondary N) is 3. The van der Waals surface area contributed by atoms with Gasteiger partial charge in [0.05, 0.1) is 23.8 Å². The summed E-state index contributed by atoms with van der Waals surface area (Å²) in [5.41, 5.74) is 0.891. The van der Waals surface area contributed by atoms with Crippen molar-refractivity contribution in [2.45, 2.75) is 11.8 Å². The first-order valence-corrected chi connectivity index (χ1v) is 8.54. The Morgan fingerprint density at radius 2 is 2.04 bits per heavy atom. The number of anilines is 1. The predicted molar refractivity (Wildman–Crippen MR) is 96.1 cm³/mol. The molecule has 10 heteroatoms. The van der Waals surface area contributed by atoms with E-state index in [0.29, 0.717) is 17.0 Å².